The molecule has 0 radical (unpaired) electrons. The summed E-state index contributed by atoms with van der Waals surface area (Å²) in [5, 5.41) is 3.71. The van der Waals surface area contributed by atoms with Crippen LogP contribution in [0.15, 0.2) is 72.5 Å². The zero-order valence-electron chi connectivity index (χ0n) is 26.2. The van der Waals surface area contributed by atoms with Crippen molar-refractivity contribution in [2.45, 2.75) is 50.7 Å². The summed E-state index contributed by atoms with van der Waals surface area (Å²) < 4.78 is 11.1. The molecular formula is C36H43ClN4O5. The summed E-state index contributed by atoms with van der Waals surface area (Å²) in [5.41, 5.74) is 2.66. The van der Waals surface area contributed by atoms with E-state index in [2.05, 4.69) is 16.3 Å². The van der Waals surface area contributed by atoms with Crippen LogP contribution in [0.5, 0.6) is 0 Å². The number of carbonyl (C=O) groups is 3. The molecule has 3 saturated heterocycles. The molecular weight excluding hydrogens is 604 g/mol. The first-order chi connectivity index (χ1) is 22.4. The summed E-state index contributed by atoms with van der Waals surface area (Å²) >= 11 is 6.37. The van der Waals surface area contributed by atoms with E-state index >= 15 is 0 Å². The highest BCUT2D eigenvalue weighted by Gasteiger charge is 2.34. The molecule has 3 fully saturated rings. The number of morpholine rings is 1. The fraction of sp³-hybridized carbons (Fsp3) is 0.472. The number of amides is 3. The van der Waals surface area contributed by atoms with Gasteiger partial charge in [0.2, 0.25) is 0 Å². The Bertz CT molecular complexity index is 1450. The van der Waals surface area contributed by atoms with Crippen LogP contribution >= 0.6 is 11.6 Å². The maximum atomic E-state index is 13.5. The number of benzene rings is 2. The summed E-state index contributed by atoms with van der Waals surface area (Å²) in [4.78, 5) is 44.7. The maximum Gasteiger partial charge on any atom is 0.410 e. The molecule has 1 N–H and O–H groups in total. The number of rotatable bonds is 9. The van der Waals surface area contributed by atoms with Crippen LogP contribution < -0.4 is 5.32 Å². The molecule has 9 nitrogen and oxygen atoms in total. The maximum absolute atomic E-state index is 13.5. The van der Waals surface area contributed by atoms with Crippen molar-refractivity contribution in [3.63, 3.8) is 0 Å². The first-order valence-electron chi connectivity index (χ1n) is 16.5. The lowest BCUT2D eigenvalue weighted by Crippen LogP contribution is -2.51. The van der Waals surface area contributed by atoms with Gasteiger partial charge in [-0.2, -0.15) is 0 Å². The van der Waals surface area contributed by atoms with Gasteiger partial charge >= 0.3 is 6.09 Å². The monoisotopic (exact) mass is 646 g/mol. The predicted molar refractivity (Wildman–Crippen MR) is 176 cm³/mol. The number of fused-ring (bicyclic) bond motifs is 1. The van der Waals surface area contributed by atoms with Crippen LogP contribution in [0.2, 0.25) is 5.02 Å². The lowest BCUT2D eigenvalue weighted by atomic mass is 9.86. The van der Waals surface area contributed by atoms with E-state index in [1.807, 2.05) is 59.5 Å². The fourth-order valence-corrected chi connectivity index (χ4v) is 7.14. The second-order valence-corrected chi connectivity index (χ2v) is 13.1. The minimum atomic E-state index is -0.288. The molecule has 244 valence electrons. The number of nitrogens with one attached hydrogen (secondary N) is 1. The number of hydrogen-bond donors (Lipinski definition) is 1. The third kappa shape index (κ3) is 7.93. The average Bonchev–Trinajstić information content (AvgIpc) is 3.10. The van der Waals surface area contributed by atoms with Crippen molar-refractivity contribution in [3.05, 3.63) is 94.2 Å². The van der Waals surface area contributed by atoms with Crippen molar-refractivity contribution in [1.82, 2.24) is 20.0 Å². The highest BCUT2D eigenvalue weighted by atomic mass is 35.5. The Morgan fingerprint density at radius 2 is 1.76 bits per heavy atom. The van der Waals surface area contributed by atoms with E-state index < -0.39 is 0 Å². The average molecular weight is 647 g/mol. The van der Waals surface area contributed by atoms with Crippen LogP contribution in [0.3, 0.4) is 0 Å². The number of piperidine rings is 2. The quantitative estimate of drug-likeness (QED) is 0.394. The Kier molecular flexibility index (Phi) is 10.6. The molecule has 1 aliphatic carbocycles. The third-order valence-electron chi connectivity index (χ3n) is 9.72. The van der Waals surface area contributed by atoms with E-state index in [-0.39, 0.29) is 43.1 Å². The van der Waals surface area contributed by atoms with Crippen molar-refractivity contribution >= 4 is 29.5 Å². The first-order valence-corrected chi connectivity index (χ1v) is 16.9. The van der Waals surface area contributed by atoms with E-state index in [0.717, 1.165) is 68.6 Å². The molecule has 10 heteroatoms. The van der Waals surface area contributed by atoms with E-state index in [1.165, 1.54) is 0 Å². The van der Waals surface area contributed by atoms with E-state index in [4.69, 9.17) is 21.1 Å². The van der Waals surface area contributed by atoms with Gasteiger partial charge in [-0.25, -0.2) is 4.79 Å². The minimum absolute atomic E-state index is 0.00732. The van der Waals surface area contributed by atoms with Gasteiger partial charge in [-0.1, -0.05) is 60.2 Å². The molecule has 2 aromatic rings. The minimum Gasteiger partial charge on any atom is -0.486 e. The van der Waals surface area contributed by atoms with Gasteiger partial charge in [0.25, 0.3) is 11.8 Å². The van der Waals surface area contributed by atoms with Crippen molar-refractivity contribution < 1.29 is 23.9 Å². The van der Waals surface area contributed by atoms with Crippen LogP contribution in [0, 0.1) is 5.92 Å². The topological polar surface area (TPSA) is 91.4 Å². The molecule has 1 atom stereocenters. The molecule has 3 aliphatic heterocycles. The Morgan fingerprint density at radius 1 is 0.978 bits per heavy atom. The van der Waals surface area contributed by atoms with Crippen LogP contribution in [0.4, 0.5) is 4.79 Å². The van der Waals surface area contributed by atoms with Gasteiger partial charge in [0.1, 0.15) is 12.4 Å². The van der Waals surface area contributed by atoms with Crippen molar-refractivity contribution in [3.8, 4) is 0 Å². The highest BCUT2D eigenvalue weighted by Crippen LogP contribution is 2.32. The third-order valence-corrected chi connectivity index (χ3v) is 9.95. The smallest absolute Gasteiger partial charge is 0.410 e. The number of likely N-dealkylation sites (tertiary alicyclic amines) is 2. The zero-order valence-corrected chi connectivity index (χ0v) is 27.0. The summed E-state index contributed by atoms with van der Waals surface area (Å²) in [5.74, 6) is 1.40. The van der Waals surface area contributed by atoms with Crippen LogP contribution in [0.25, 0.3) is 0 Å². The molecule has 2 aromatic carbocycles. The molecule has 0 spiro atoms. The Balaban J connectivity index is 0.956. The molecule has 3 amide bonds. The molecule has 6 rings (SSSR count). The second kappa shape index (κ2) is 15.2. The Labute approximate surface area is 276 Å². The SMILES string of the molecule is O=C(NCC1CCN(C(=O)OCc2ccccc2)CC1)c1cc(Cl)ccc1C1CCN(CCN2C(=O)COC3=CC=CCC32)CC1. The lowest BCUT2D eigenvalue weighted by molar-refractivity contribution is -0.143. The number of nitrogens with zero attached hydrogens (tertiary/aromatic N) is 3. The summed E-state index contributed by atoms with van der Waals surface area (Å²) in [6, 6.07) is 15.4. The molecule has 4 aliphatic rings. The van der Waals surface area contributed by atoms with E-state index in [9.17, 15) is 14.4 Å². The molecule has 3 heterocycles. The molecule has 1 unspecified atom stereocenters. The van der Waals surface area contributed by atoms with E-state index in [1.54, 1.807) is 11.0 Å². The van der Waals surface area contributed by atoms with Crippen LogP contribution in [0.1, 0.15) is 59.5 Å². The summed E-state index contributed by atoms with van der Waals surface area (Å²) in [7, 11) is 0. The molecule has 0 aromatic heterocycles. The summed E-state index contributed by atoms with van der Waals surface area (Å²) in [6.07, 6.45) is 10.1. The number of halogens is 1. The normalized spacial score (nSPS) is 20.9. The number of ether oxygens (including phenoxy) is 2. The van der Waals surface area contributed by atoms with Gasteiger partial charge in [-0.3, -0.25) is 9.59 Å². The van der Waals surface area contributed by atoms with Gasteiger partial charge in [0, 0.05) is 43.3 Å². The van der Waals surface area contributed by atoms with Crippen LogP contribution in [-0.2, 0) is 20.9 Å². The fourth-order valence-electron chi connectivity index (χ4n) is 6.97. The first kappa shape index (κ1) is 32.1. The van der Waals surface area contributed by atoms with Gasteiger partial charge in [-0.15, -0.1) is 0 Å². The molecule has 46 heavy (non-hydrogen) atoms. The number of allylic oxidation sites excluding steroid dienone is 2. The molecule has 0 bridgehead atoms. The number of carbonyl (C=O) groups excluding carboxylic acids is 3. The van der Waals surface area contributed by atoms with Gasteiger partial charge in [0.15, 0.2) is 6.61 Å². The standard InChI is InChI=1S/C36H43ClN4O5/c37-29-10-11-30(28-14-16-39(17-15-28)20-21-41-32-8-4-5-9-33(32)45-25-34(41)42)31(22-29)35(43)38-23-26-12-18-40(19-13-26)36(44)46-24-27-6-2-1-3-7-27/h1-7,9-11,22,26,28,32H,8,12-21,23-25H2,(H,38,43). The van der Waals surface area contributed by atoms with Gasteiger partial charge in [-0.05, 0) is 86.4 Å². The second-order valence-electron chi connectivity index (χ2n) is 12.7. The number of hydrogen-bond acceptors (Lipinski definition) is 6. The van der Waals surface area contributed by atoms with Crippen molar-refractivity contribution in [2.24, 2.45) is 5.92 Å². The van der Waals surface area contributed by atoms with E-state index in [0.29, 0.717) is 42.7 Å². The highest BCUT2D eigenvalue weighted by molar-refractivity contribution is 6.31. The summed E-state index contributed by atoms with van der Waals surface area (Å²) in [6.45, 7) is 5.50. The van der Waals surface area contributed by atoms with Gasteiger partial charge < -0.3 is 29.5 Å². The Hall–Kier alpha value is -3.82. The van der Waals surface area contributed by atoms with Crippen molar-refractivity contribution in [1.29, 1.82) is 0 Å². The van der Waals surface area contributed by atoms with Gasteiger partial charge in [0.05, 0.1) is 6.04 Å². The molecule has 0 saturated carbocycles. The largest absolute Gasteiger partial charge is 0.486 e. The predicted octanol–water partition coefficient (Wildman–Crippen LogP) is 5.37. The Morgan fingerprint density at radius 3 is 2.54 bits per heavy atom. The zero-order chi connectivity index (χ0) is 31.9. The van der Waals surface area contributed by atoms with Crippen LogP contribution in [-0.4, -0.2) is 91.1 Å². The van der Waals surface area contributed by atoms with Crippen molar-refractivity contribution in [2.75, 3.05) is 52.4 Å². The lowest BCUT2D eigenvalue weighted by Gasteiger charge is -2.40.